The predicted octanol–water partition coefficient (Wildman–Crippen LogP) is 3.96. The highest BCUT2D eigenvalue weighted by Crippen LogP contribution is 2.37. The van der Waals surface area contributed by atoms with Gasteiger partial charge in [-0.15, -0.1) is 0 Å². The minimum atomic E-state index is -4.03. The maximum absolute atomic E-state index is 12.4. The van der Waals surface area contributed by atoms with Crippen molar-refractivity contribution in [3.05, 3.63) is 0 Å². The first-order valence-electron chi connectivity index (χ1n) is 7.79. The molecule has 0 aliphatic heterocycles. The van der Waals surface area contributed by atoms with Gasteiger partial charge in [0.25, 0.3) is 0 Å². The van der Waals surface area contributed by atoms with E-state index in [1.165, 1.54) is 19.3 Å². The predicted molar refractivity (Wildman–Crippen MR) is 76.9 cm³/mol. The van der Waals surface area contributed by atoms with Crippen molar-refractivity contribution in [3.8, 4) is 0 Å². The second-order valence-corrected chi connectivity index (χ2v) is 6.18. The topological polar surface area (TPSA) is 15.3 Å². The molecule has 1 fully saturated rings. The summed E-state index contributed by atoms with van der Waals surface area (Å²) in [7, 11) is 4.14. The lowest BCUT2D eigenvalue weighted by molar-refractivity contribution is -0.136. The summed E-state index contributed by atoms with van der Waals surface area (Å²) >= 11 is 0. The third-order valence-corrected chi connectivity index (χ3v) is 4.66. The quantitative estimate of drug-likeness (QED) is 0.764. The van der Waals surface area contributed by atoms with Gasteiger partial charge in [-0.1, -0.05) is 26.2 Å². The highest BCUT2D eigenvalue weighted by molar-refractivity contribution is 5.00. The zero-order chi connectivity index (χ0) is 15.2. The highest BCUT2D eigenvalue weighted by atomic mass is 19.4. The zero-order valence-electron chi connectivity index (χ0n) is 13.0. The largest absolute Gasteiger partial charge is 0.389 e. The van der Waals surface area contributed by atoms with Crippen LogP contribution >= 0.6 is 0 Å². The van der Waals surface area contributed by atoms with Crippen LogP contribution in [0.2, 0.25) is 0 Å². The molecule has 20 heavy (non-hydrogen) atoms. The minimum Gasteiger partial charge on any atom is -0.312 e. The van der Waals surface area contributed by atoms with Gasteiger partial charge in [-0.05, 0) is 46.3 Å². The Morgan fingerprint density at radius 2 is 1.75 bits per heavy atom. The Morgan fingerprint density at radius 1 is 1.15 bits per heavy atom. The van der Waals surface area contributed by atoms with Gasteiger partial charge in [-0.3, -0.25) is 0 Å². The summed E-state index contributed by atoms with van der Waals surface area (Å²) in [5.41, 5.74) is 0.0276. The number of nitrogens with zero attached hydrogens (tertiary/aromatic N) is 1. The van der Waals surface area contributed by atoms with E-state index in [1.807, 2.05) is 6.92 Å². The van der Waals surface area contributed by atoms with Gasteiger partial charge >= 0.3 is 6.18 Å². The Labute approximate surface area is 121 Å². The summed E-state index contributed by atoms with van der Waals surface area (Å²) in [5.74, 6) is 0. The first kappa shape index (κ1) is 17.8. The average molecular weight is 294 g/mol. The molecule has 0 aromatic carbocycles. The van der Waals surface area contributed by atoms with Crippen molar-refractivity contribution < 1.29 is 13.2 Å². The Kier molecular flexibility index (Phi) is 6.79. The number of hydrogen-bond donors (Lipinski definition) is 1. The standard InChI is InChI=1S/C15H29F3N2/c1-4-19-13(9-8-12-15(16,17)18)14(20(2)3)10-6-5-7-11-14/h13,19H,4-12H2,1-3H3. The number of likely N-dealkylation sites (N-methyl/N-ethyl adjacent to an activating group) is 2. The molecule has 5 heteroatoms. The van der Waals surface area contributed by atoms with E-state index >= 15 is 0 Å². The van der Waals surface area contributed by atoms with E-state index in [9.17, 15) is 13.2 Å². The molecule has 0 aromatic heterocycles. The van der Waals surface area contributed by atoms with Crippen molar-refractivity contribution in [2.45, 2.75) is 76.0 Å². The van der Waals surface area contributed by atoms with Crippen LogP contribution in [0.4, 0.5) is 13.2 Å². The van der Waals surface area contributed by atoms with Crippen molar-refractivity contribution in [2.24, 2.45) is 0 Å². The molecular formula is C15H29F3N2. The normalized spacial score (nSPS) is 21.1. The summed E-state index contributed by atoms with van der Waals surface area (Å²) in [4.78, 5) is 2.24. The van der Waals surface area contributed by atoms with Crippen LogP contribution in [0.25, 0.3) is 0 Å². The zero-order valence-corrected chi connectivity index (χ0v) is 13.0. The van der Waals surface area contributed by atoms with Crippen molar-refractivity contribution in [1.82, 2.24) is 10.2 Å². The summed E-state index contributed by atoms with van der Waals surface area (Å²) in [5, 5.41) is 3.45. The fourth-order valence-corrected chi connectivity index (χ4v) is 3.59. The van der Waals surface area contributed by atoms with E-state index < -0.39 is 12.6 Å². The molecule has 120 valence electrons. The molecule has 0 aromatic rings. The fraction of sp³-hybridized carbons (Fsp3) is 1.00. The summed E-state index contributed by atoms with van der Waals surface area (Å²) in [6.45, 7) is 2.84. The first-order valence-corrected chi connectivity index (χ1v) is 7.79. The van der Waals surface area contributed by atoms with E-state index in [4.69, 9.17) is 0 Å². The Morgan fingerprint density at radius 3 is 2.20 bits per heavy atom. The summed E-state index contributed by atoms with van der Waals surface area (Å²) in [6.07, 6.45) is 1.90. The van der Waals surface area contributed by atoms with Crippen LogP contribution in [-0.4, -0.2) is 43.3 Å². The van der Waals surface area contributed by atoms with E-state index in [2.05, 4.69) is 24.3 Å². The number of hydrogen-bond acceptors (Lipinski definition) is 2. The number of rotatable bonds is 7. The molecule has 0 bridgehead atoms. The first-order chi connectivity index (χ1) is 9.32. The molecule has 1 aliphatic carbocycles. The van der Waals surface area contributed by atoms with Crippen LogP contribution in [0.15, 0.2) is 0 Å². The lowest BCUT2D eigenvalue weighted by Crippen LogP contribution is -2.60. The average Bonchev–Trinajstić information content (AvgIpc) is 2.37. The van der Waals surface area contributed by atoms with Crippen molar-refractivity contribution in [3.63, 3.8) is 0 Å². The van der Waals surface area contributed by atoms with Crippen LogP contribution in [0, 0.1) is 0 Å². The molecule has 0 heterocycles. The smallest absolute Gasteiger partial charge is 0.312 e. The van der Waals surface area contributed by atoms with Gasteiger partial charge in [0.05, 0.1) is 0 Å². The third-order valence-electron chi connectivity index (χ3n) is 4.66. The monoisotopic (exact) mass is 294 g/mol. The molecule has 2 nitrogen and oxygen atoms in total. The third kappa shape index (κ3) is 4.92. The fourth-order valence-electron chi connectivity index (χ4n) is 3.59. The SMILES string of the molecule is CCNC(CCCC(F)(F)F)C1(N(C)C)CCCCC1. The summed E-state index contributed by atoms with van der Waals surface area (Å²) < 4.78 is 37.1. The van der Waals surface area contributed by atoms with Crippen molar-refractivity contribution in [2.75, 3.05) is 20.6 Å². The highest BCUT2D eigenvalue weighted by Gasteiger charge is 2.41. The van der Waals surface area contributed by atoms with Gasteiger partial charge in [0.2, 0.25) is 0 Å². The van der Waals surface area contributed by atoms with Crippen LogP contribution in [0.5, 0.6) is 0 Å². The van der Waals surface area contributed by atoms with Crippen LogP contribution in [0.3, 0.4) is 0 Å². The van der Waals surface area contributed by atoms with Gasteiger partial charge in [0.1, 0.15) is 0 Å². The molecule has 1 N–H and O–H groups in total. The molecule has 0 radical (unpaired) electrons. The van der Waals surface area contributed by atoms with Gasteiger partial charge in [-0.2, -0.15) is 13.2 Å². The molecule has 0 amide bonds. The lowest BCUT2D eigenvalue weighted by atomic mass is 9.73. The molecule has 1 atom stereocenters. The van der Waals surface area contributed by atoms with Gasteiger partial charge < -0.3 is 10.2 Å². The van der Waals surface area contributed by atoms with Crippen LogP contribution in [0.1, 0.15) is 58.3 Å². The summed E-state index contributed by atoms with van der Waals surface area (Å²) in [6, 6.07) is 0.158. The van der Waals surface area contributed by atoms with Crippen molar-refractivity contribution in [1.29, 1.82) is 0 Å². The van der Waals surface area contributed by atoms with Gasteiger partial charge in [-0.25, -0.2) is 0 Å². The lowest BCUT2D eigenvalue weighted by Gasteiger charge is -2.49. The second-order valence-electron chi connectivity index (χ2n) is 6.18. The number of alkyl halides is 3. The maximum atomic E-state index is 12.4. The van der Waals surface area contributed by atoms with Gasteiger partial charge in [0.15, 0.2) is 0 Å². The number of halogens is 3. The Hall–Kier alpha value is -0.290. The van der Waals surface area contributed by atoms with Gasteiger partial charge in [0, 0.05) is 18.0 Å². The van der Waals surface area contributed by atoms with Crippen molar-refractivity contribution >= 4 is 0 Å². The van der Waals surface area contributed by atoms with E-state index in [-0.39, 0.29) is 18.0 Å². The molecule has 1 aliphatic rings. The van der Waals surface area contributed by atoms with E-state index in [0.29, 0.717) is 6.42 Å². The minimum absolute atomic E-state index is 0.0276. The molecule has 0 saturated heterocycles. The van der Waals surface area contributed by atoms with E-state index in [1.54, 1.807) is 0 Å². The second kappa shape index (κ2) is 7.64. The van der Waals surface area contributed by atoms with Crippen LogP contribution < -0.4 is 5.32 Å². The molecular weight excluding hydrogens is 265 g/mol. The Bertz CT molecular complexity index is 271. The molecule has 1 saturated carbocycles. The van der Waals surface area contributed by atoms with Crippen LogP contribution in [-0.2, 0) is 0 Å². The molecule has 0 spiro atoms. The van der Waals surface area contributed by atoms with E-state index in [0.717, 1.165) is 19.4 Å². The number of nitrogens with one attached hydrogen (secondary N) is 1. The molecule has 1 rings (SSSR count). The maximum Gasteiger partial charge on any atom is 0.389 e. The Balaban J connectivity index is 2.70. The molecule has 1 unspecified atom stereocenters.